The predicted molar refractivity (Wildman–Crippen MR) is 176 cm³/mol. The summed E-state index contributed by atoms with van der Waals surface area (Å²) in [5, 5.41) is 26.9. The number of imide groups is 1. The third kappa shape index (κ3) is 5.06. The van der Waals surface area contributed by atoms with Gasteiger partial charge in [-0.1, -0.05) is 42.8 Å². The van der Waals surface area contributed by atoms with Gasteiger partial charge in [0.15, 0.2) is 12.3 Å². The van der Waals surface area contributed by atoms with Gasteiger partial charge in [0.05, 0.1) is 34.3 Å². The fourth-order valence-corrected chi connectivity index (χ4v) is 7.07. The van der Waals surface area contributed by atoms with Crippen molar-refractivity contribution in [2.45, 2.75) is 55.9 Å². The Kier molecular flexibility index (Phi) is 8.98. The molecule has 0 saturated carbocycles. The maximum Gasteiger partial charge on any atom is 0.323 e. The number of aromatic amines is 1. The zero-order valence-corrected chi connectivity index (χ0v) is 26.3. The number of nitrogens with two attached hydrogens (primary N) is 2. The second-order valence-electron chi connectivity index (χ2n) is 11.8. The molecule has 0 aliphatic carbocycles. The standard InChI is InChI=1S/C33H35N5O8.ClH/c1-44-28-20(14-39)45-32(29(27(28)40)46-33(43)17(35)10-6-7-13-34)38-19-12-5-3-9-16(19)22-24-23(30(41)37-31(24)42)21-15-8-2-4-11-18(15)36-25(21)26(22)38;/h2-5,8-9,11-12,17,20,27-29,32,36,39-40H,6-7,10,13-14,34-35H2,1H3,(H,37,41,42);1H. The molecule has 14 heteroatoms. The average molecular weight is 666 g/mol. The number of aliphatic hydroxyl groups excluding tert-OH is 2. The highest BCUT2D eigenvalue weighted by atomic mass is 35.5. The lowest BCUT2D eigenvalue weighted by Gasteiger charge is -2.44. The highest BCUT2D eigenvalue weighted by Crippen LogP contribution is 2.46. The van der Waals surface area contributed by atoms with Crippen molar-refractivity contribution in [2.75, 3.05) is 20.3 Å². The summed E-state index contributed by atoms with van der Waals surface area (Å²) in [4.78, 5) is 43.6. The fourth-order valence-electron chi connectivity index (χ4n) is 7.07. The van der Waals surface area contributed by atoms with E-state index in [0.29, 0.717) is 58.5 Å². The van der Waals surface area contributed by atoms with Crippen molar-refractivity contribution in [2.24, 2.45) is 11.5 Å². The van der Waals surface area contributed by atoms with E-state index < -0.39 is 61.1 Å². The maximum atomic E-state index is 13.5. The number of carbonyl (C=O) groups is 3. The number of unbranched alkanes of at least 4 members (excludes halogenated alkanes) is 1. The summed E-state index contributed by atoms with van der Waals surface area (Å²) in [6.07, 6.45) is -4.41. The summed E-state index contributed by atoms with van der Waals surface area (Å²) in [6.45, 7) is -0.0447. The number of H-pyrrole nitrogens is 1. The lowest BCUT2D eigenvalue weighted by molar-refractivity contribution is -0.262. The van der Waals surface area contributed by atoms with E-state index in [0.717, 1.165) is 10.9 Å². The third-order valence-electron chi connectivity index (χ3n) is 9.15. The molecule has 0 bridgehead atoms. The van der Waals surface area contributed by atoms with Crippen molar-refractivity contribution in [3.05, 3.63) is 59.7 Å². The van der Waals surface area contributed by atoms with E-state index in [1.165, 1.54) is 7.11 Å². The van der Waals surface area contributed by atoms with Crippen LogP contribution in [0.1, 0.15) is 46.2 Å². The summed E-state index contributed by atoms with van der Waals surface area (Å²) < 4.78 is 19.7. The Morgan fingerprint density at radius 3 is 2.40 bits per heavy atom. The van der Waals surface area contributed by atoms with Gasteiger partial charge >= 0.3 is 5.97 Å². The quantitative estimate of drug-likeness (QED) is 0.0770. The van der Waals surface area contributed by atoms with Crippen LogP contribution in [0.2, 0.25) is 0 Å². The smallest absolute Gasteiger partial charge is 0.323 e. The fraction of sp³-hybridized carbons (Fsp3) is 0.364. The molecule has 13 nitrogen and oxygen atoms in total. The van der Waals surface area contributed by atoms with Gasteiger partial charge in [0.2, 0.25) is 0 Å². The van der Waals surface area contributed by atoms with Crippen LogP contribution in [0.25, 0.3) is 43.6 Å². The number of hydrogen-bond acceptors (Lipinski definition) is 10. The van der Waals surface area contributed by atoms with Crippen molar-refractivity contribution < 1.29 is 38.8 Å². The minimum Gasteiger partial charge on any atom is -0.453 e. The van der Waals surface area contributed by atoms with Crippen LogP contribution < -0.4 is 16.8 Å². The largest absolute Gasteiger partial charge is 0.453 e. The maximum absolute atomic E-state index is 13.5. The molecule has 3 aromatic carbocycles. The summed E-state index contributed by atoms with van der Waals surface area (Å²) >= 11 is 0. The number of amides is 2. The number of fused-ring (bicyclic) bond motifs is 10. The topological polar surface area (TPSA) is 204 Å². The van der Waals surface area contributed by atoms with Crippen LogP contribution in [0.5, 0.6) is 0 Å². The van der Waals surface area contributed by atoms with Crippen LogP contribution in [-0.2, 0) is 19.0 Å². The lowest BCUT2D eigenvalue weighted by Crippen LogP contribution is -2.59. The monoisotopic (exact) mass is 665 g/mol. The zero-order valence-electron chi connectivity index (χ0n) is 25.5. The zero-order chi connectivity index (χ0) is 32.3. The Bertz CT molecular complexity index is 2020. The van der Waals surface area contributed by atoms with Crippen LogP contribution in [0.3, 0.4) is 0 Å². The second-order valence-corrected chi connectivity index (χ2v) is 11.8. The molecule has 2 aromatic heterocycles. The Morgan fingerprint density at radius 1 is 1.02 bits per heavy atom. The van der Waals surface area contributed by atoms with Gasteiger partial charge in [-0.3, -0.25) is 19.7 Å². The molecule has 0 radical (unpaired) electrons. The molecule has 2 aliphatic rings. The first kappa shape index (κ1) is 32.8. The van der Waals surface area contributed by atoms with E-state index in [4.69, 9.17) is 25.7 Å². The summed E-state index contributed by atoms with van der Waals surface area (Å²) in [6, 6.07) is 13.7. The number of carbonyl (C=O) groups excluding carboxylic acids is 3. The Morgan fingerprint density at radius 2 is 1.70 bits per heavy atom. The molecular weight excluding hydrogens is 630 g/mol. The number of esters is 1. The number of ether oxygens (including phenoxy) is 3. The summed E-state index contributed by atoms with van der Waals surface area (Å²) in [5.41, 5.74) is 14.6. The number of aliphatic hydroxyl groups is 2. The number of nitrogens with zero attached hydrogens (tertiary/aromatic N) is 1. The molecule has 2 amide bonds. The molecule has 248 valence electrons. The van der Waals surface area contributed by atoms with Crippen LogP contribution >= 0.6 is 12.4 Å². The Labute approximate surface area is 274 Å². The molecule has 47 heavy (non-hydrogen) atoms. The highest BCUT2D eigenvalue weighted by molar-refractivity contribution is 6.39. The van der Waals surface area contributed by atoms with Crippen molar-refractivity contribution in [1.29, 1.82) is 0 Å². The van der Waals surface area contributed by atoms with Gasteiger partial charge in [0.1, 0.15) is 24.4 Å². The van der Waals surface area contributed by atoms with E-state index in [1.54, 1.807) is 10.6 Å². The van der Waals surface area contributed by atoms with Crippen LogP contribution in [0.4, 0.5) is 0 Å². The number of halogens is 1. The first-order valence-corrected chi connectivity index (χ1v) is 15.3. The van der Waals surface area contributed by atoms with E-state index in [1.807, 2.05) is 42.5 Å². The molecule has 4 heterocycles. The van der Waals surface area contributed by atoms with Gasteiger partial charge in [-0.15, -0.1) is 12.4 Å². The second kappa shape index (κ2) is 12.8. The van der Waals surface area contributed by atoms with E-state index in [-0.39, 0.29) is 23.5 Å². The van der Waals surface area contributed by atoms with E-state index >= 15 is 0 Å². The SMILES string of the molecule is COC1C(CO)OC(n2c3ccccc3c3c4c(c5c6ccccc6[nH]c5c32)C(=O)NC4=O)C(OC(=O)C(N)CCCCN)C1O.Cl. The first-order valence-electron chi connectivity index (χ1n) is 15.3. The first-order chi connectivity index (χ1) is 22.3. The number of methoxy groups -OCH3 is 1. The molecule has 6 atom stereocenters. The molecule has 0 spiro atoms. The molecule has 8 N–H and O–H groups in total. The number of benzene rings is 3. The summed E-state index contributed by atoms with van der Waals surface area (Å²) in [7, 11) is 1.37. The molecule has 2 aliphatic heterocycles. The highest BCUT2D eigenvalue weighted by Gasteiger charge is 2.50. The molecule has 5 aromatic rings. The lowest BCUT2D eigenvalue weighted by atomic mass is 9.96. The van der Waals surface area contributed by atoms with E-state index in [9.17, 15) is 24.6 Å². The minimum atomic E-state index is -1.44. The number of hydrogen-bond donors (Lipinski definition) is 6. The normalized spacial score (nSPS) is 23.3. The van der Waals surface area contributed by atoms with Gasteiger partial charge in [-0.2, -0.15) is 0 Å². The molecule has 7 rings (SSSR count). The Balaban J connectivity index is 0.00000386. The van der Waals surface area contributed by atoms with Gasteiger partial charge in [0.25, 0.3) is 11.8 Å². The van der Waals surface area contributed by atoms with Crippen molar-refractivity contribution >= 4 is 73.8 Å². The number of para-hydroxylation sites is 2. The molecule has 1 saturated heterocycles. The van der Waals surface area contributed by atoms with E-state index in [2.05, 4.69) is 10.3 Å². The minimum absolute atomic E-state index is 0. The van der Waals surface area contributed by atoms with Gasteiger partial charge in [-0.05, 0) is 31.5 Å². The predicted octanol–water partition coefficient (Wildman–Crippen LogP) is 2.37. The Hall–Kier alpha value is -4.08. The molecular formula is C33H36ClN5O8. The van der Waals surface area contributed by atoms with Crippen molar-refractivity contribution in [3.63, 3.8) is 0 Å². The van der Waals surface area contributed by atoms with Gasteiger partial charge in [-0.25, -0.2) is 0 Å². The van der Waals surface area contributed by atoms with Gasteiger partial charge in [0, 0.05) is 34.2 Å². The number of nitrogens with one attached hydrogen (secondary N) is 2. The van der Waals surface area contributed by atoms with Gasteiger partial charge < -0.3 is 45.4 Å². The summed E-state index contributed by atoms with van der Waals surface area (Å²) in [5.74, 6) is -1.78. The van der Waals surface area contributed by atoms with Crippen LogP contribution in [0.15, 0.2) is 48.5 Å². The van der Waals surface area contributed by atoms with Crippen LogP contribution in [-0.4, -0.2) is 88.3 Å². The average Bonchev–Trinajstić information content (AvgIpc) is 3.70. The third-order valence-corrected chi connectivity index (χ3v) is 9.15. The van der Waals surface area contributed by atoms with Crippen molar-refractivity contribution in [3.8, 4) is 0 Å². The number of aromatic nitrogens is 2. The van der Waals surface area contributed by atoms with Crippen molar-refractivity contribution in [1.82, 2.24) is 14.9 Å². The molecule has 1 fully saturated rings. The number of rotatable bonds is 9. The molecule has 6 unspecified atom stereocenters. The van der Waals surface area contributed by atoms with Crippen LogP contribution in [0, 0.1) is 0 Å².